The van der Waals surface area contributed by atoms with Crippen LogP contribution in [0.15, 0.2) is 122 Å². The average Bonchev–Trinajstić information content (AvgIpc) is 4.16. The van der Waals surface area contributed by atoms with E-state index >= 15 is 0 Å². The third-order valence-electron chi connectivity index (χ3n) is 12.1. The van der Waals surface area contributed by atoms with Crippen LogP contribution in [0.5, 0.6) is 0 Å². The van der Waals surface area contributed by atoms with Crippen LogP contribution < -0.4 is 4.72 Å². The molecule has 63 heavy (non-hydrogen) atoms. The number of nitrogens with one attached hydrogen (secondary N) is 3. The molecule has 14 heteroatoms. The first kappa shape index (κ1) is 42.0. The van der Waals surface area contributed by atoms with Gasteiger partial charge in [-0.25, -0.2) is 18.4 Å². The van der Waals surface area contributed by atoms with Crippen LogP contribution >= 0.6 is 0 Å². The molecule has 322 valence electrons. The molecule has 13 nitrogen and oxygen atoms in total. The molecule has 2 amide bonds. The zero-order valence-corrected chi connectivity index (χ0v) is 35.9. The van der Waals surface area contributed by atoms with Crippen molar-refractivity contribution in [3.05, 3.63) is 155 Å². The van der Waals surface area contributed by atoms with Crippen LogP contribution in [0, 0.1) is 11.8 Å². The lowest BCUT2D eigenvalue weighted by Gasteiger charge is -2.37. The van der Waals surface area contributed by atoms with Gasteiger partial charge in [-0.1, -0.05) is 96.8 Å². The lowest BCUT2D eigenvalue weighted by molar-refractivity contribution is -0.140. The highest BCUT2D eigenvalue weighted by Gasteiger charge is 2.40. The number of benzene rings is 4. The lowest BCUT2D eigenvalue weighted by Crippen LogP contribution is -2.47. The normalized spacial score (nSPS) is 19.1. The number of carbonyl (C=O) groups is 2. The van der Waals surface area contributed by atoms with Gasteiger partial charge in [-0.2, -0.15) is 4.72 Å². The van der Waals surface area contributed by atoms with Gasteiger partial charge in [-0.15, -0.1) is 0 Å². The third kappa shape index (κ3) is 9.52. The van der Waals surface area contributed by atoms with Gasteiger partial charge in [0.05, 0.1) is 55.3 Å². The van der Waals surface area contributed by atoms with E-state index in [0.29, 0.717) is 44.1 Å². The SMILES string of the molecule is CS(=O)(=O)N[C@@H](C(=O)N1CCC[C@H]1c1ncc(-c2ccc(C#Cc3ccc(-c4cnc([C@@H]5CCCN5C(=O)[C@@H](c5ccccc5)N5CCOCC5)[nH]4)cc3)cc2)[nH]1)c1ccccc1. The minimum atomic E-state index is -3.66. The largest absolute Gasteiger partial charge is 0.379 e. The second kappa shape index (κ2) is 18.5. The molecule has 0 bridgehead atoms. The smallest absolute Gasteiger partial charge is 0.245 e. The Labute approximate surface area is 368 Å². The molecule has 2 aromatic heterocycles. The summed E-state index contributed by atoms with van der Waals surface area (Å²) in [6.45, 7) is 3.88. The Morgan fingerprint density at radius 3 is 1.63 bits per heavy atom. The van der Waals surface area contributed by atoms with Crippen molar-refractivity contribution in [3.63, 3.8) is 0 Å². The summed E-state index contributed by atoms with van der Waals surface area (Å²) in [5, 5.41) is 0. The Balaban J connectivity index is 0.838. The standard InChI is InChI=1S/C49H50N8O5S/c1-63(60,61)54-44(38-10-4-2-5-11-38)48(58)56-26-8-14-42(56)46-50-32-40(52-46)36-22-18-34(19-23-36)16-17-35-20-24-37(25-21-35)41-33-51-47(53-41)43-15-9-27-57(43)49(59)45(39-12-6-3-7-13-39)55-28-30-62-31-29-55/h2-7,10-13,18-25,32-33,42-45,54H,8-9,14-15,26-31H2,1H3,(H,50,52)(H,51,53)/t42-,43-,44+,45+/m0/s1. The summed E-state index contributed by atoms with van der Waals surface area (Å²) in [6, 6.07) is 33.1. The topological polar surface area (TPSA) is 157 Å². The van der Waals surface area contributed by atoms with Gasteiger partial charge < -0.3 is 24.5 Å². The van der Waals surface area contributed by atoms with E-state index in [1.165, 1.54) is 0 Å². The Kier molecular flexibility index (Phi) is 12.3. The number of sulfonamides is 1. The molecule has 0 saturated carbocycles. The fourth-order valence-corrected chi connectivity index (χ4v) is 9.63. The molecular formula is C49H50N8O5S. The number of morpholine rings is 1. The number of aromatic nitrogens is 4. The van der Waals surface area contributed by atoms with Crippen LogP contribution in [0.1, 0.15) is 83.8 Å². The number of H-pyrrole nitrogens is 2. The summed E-state index contributed by atoms with van der Waals surface area (Å²) < 4.78 is 32.7. The summed E-state index contributed by atoms with van der Waals surface area (Å²) in [4.78, 5) is 50.5. The van der Waals surface area contributed by atoms with Crippen molar-refractivity contribution < 1.29 is 22.7 Å². The minimum Gasteiger partial charge on any atom is -0.379 e. The van der Waals surface area contributed by atoms with Crippen molar-refractivity contribution in [2.75, 3.05) is 45.6 Å². The molecule has 3 fully saturated rings. The zero-order chi connectivity index (χ0) is 43.3. The van der Waals surface area contributed by atoms with E-state index in [4.69, 9.17) is 9.72 Å². The highest BCUT2D eigenvalue weighted by atomic mass is 32.2. The van der Waals surface area contributed by atoms with Crippen molar-refractivity contribution in [2.24, 2.45) is 0 Å². The van der Waals surface area contributed by atoms with E-state index in [1.54, 1.807) is 35.4 Å². The molecular weight excluding hydrogens is 813 g/mol. The molecule has 9 rings (SSSR count). The predicted octanol–water partition coefficient (Wildman–Crippen LogP) is 6.56. The van der Waals surface area contributed by atoms with Gasteiger partial charge in [-0.3, -0.25) is 14.5 Å². The van der Waals surface area contributed by atoms with Gasteiger partial charge in [0.2, 0.25) is 21.8 Å². The number of ether oxygens (including phenoxy) is 1. The first-order valence-electron chi connectivity index (χ1n) is 21.5. The van der Waals surface area contributed by atoms with Crippen LogP contribution in [0.25, 0.3) is 22.5 Å². The fraction of sp³-hybridized carbons (Fsp3) is 0.306. The number of hydrogen-bond donors (Lipinski definition) is 3. The van der Waals surface area contributed by atoms with Crippen LogP contribution in [0.4, 0.5) is 0 Å². The molecule has 0 radical (unpaired) electrons. The second-order valence-corrected chi connectivity index (χ2v) is 18.1. The summed E-state index contributed by atoms with van der Waals surface area (Å²) in [7, 11) is -3.66. The molecule has 3 aliphatic rings. The van der Waals surface area contributed by atoms with Gasteiger partial charge in [0.15, 0.2) is 0 Å². The predicted molar refractivity (Wildman–Crippen MR) is 240 cm³/mol. The number of carbonyl (C=O) groups excluding carboxylic acids is 2. The van der Waals surface area contributed by atoms with E-state index in [1.807, 2.05) is 96.0 Å². The van der Waals surface area contributed by atoms with Crippen LogP contribution in [-0.4, -0.2) is 101 Å². The average molecular weight is 863 g/mol. The van der Waals surface area contributed by atoms with E-state index in [9.17, 15) is 18.0 Å². The van der Waals surface area contributed by atoms with E-state index in [-0.39, 0.29) is 29.9 Å². The summed E-state index contributed by atoms with van der Waals surface area (Å²) in [5.41, 5.74) is 6.94. The number of amides is 2. The quantitative estimate of drug-likeness (QED) is 0.124. The Morgan fingerprint density at radius 1 is 0.667 bits per heavy atom. The molecule has 3 aliphatic heterocycles. The number of hydrogen-bond acceptors (Lipinski definition) is 8. The molecule has 5 heterocycles. The van der Waals surface area contributed by atoms with Crippen molar-refractivity contribution in [3.8, 4) is 34.4 Å². The van der Waals surface area contributed by atoms with E-state index in [0.717, 1.165) is 83.6 Å². The molecule has 0 unspecified atom stereocenters. The maximum absolute atomic E-state index is 14.3. The van der Waals surface area contributed by atoms with Gasteiger partial charge >= 0.3 is 0 Å². The van der Waals surface area contributed by atoms with Crippen LogP contribution in [-0.2, 0) is 24.3 Å². The summed E-state index contributed by atoms with van der Waals surface area (Å²) in [6.07, 6.45) is 7.95. The maximum atomic E-state index is 14.3. The van der Waals surface area contributed by atoms with Crippen molar-refractivity contribution >= 4 is 21.8 Å². The van der Waals surface area contributed by atoms with E-state index in [2.05, 4.69) is 36.4 Å². The molecule has 3 N–H and O–H groups in total. The Morgan fingerprint density at radius 2 is 1.14 bits per heavy atom. The second-order valence-electron chi connectivity index (χ2n) is 16.3. The first-order chi connectivity index (χ1) is 30.7. The number of aromatic amines is 2. The van der Waals surface area contributed by atoms with Gasteiger partial charge in [0.1, 0.15) is 23.7 Å². The minimum absolute atomic E-state index is 0.110. The third-order valence-corrected chi connectivity index (χ3v) is 12.8. The number of rotatable bonds is 11. The molecule has 6 aromatic rings. The molecule has 0 aliphatic carbocycles. The monoisotopic (exact) mass is 862 g/mol. The summed E-state index contributed by atoms with van der Waals surface area (Å²) in [5.74, 6) is 7.81. The van der Waals surface area contributed by atoms with Crippen molar-refractivity contribution in [1.29, 1.82) is 0 Å². The Bertz CT molecular complexity index is 2700. The number of likely N-dealkylation sites (tertiary alicyclic amines) is 2. The van der Waals surface area contributed by atoms with Crippen LogP contribution in [0.2, 0.25) is 0 Å². The fourth-order valence-electron chi connectivity index (χ4n) is 8.97. The highest BCUT2D eigenvalue weighted by molar-refractivity contribution is 7.88. The molecule has 4 atom stereocenters. The molecule has 0 spiro atoms. The van der Waals surface area contributed by atoms with Gasteiger partial charge in [0, 0.05) is 37.3 Å². The van der Waals surface area contributed by atoms with Crippen molar-refractivity contribution in [2.45, 2.75) is 49.9 Å². The summed E-state index contributed by atoms with van der Waals surface area (Å²) >= 11 is 0. The maximum Gasteiger partial charge on any atom is 0.245 e. The van der Waals surface area contributed by atoms with Crippen molar-refractivity contribution in [1.82, 2.24) is 39.4 Å². The van der Waals surface area contributed by atoms with Gasteiger partial charge in [0.25, 0.3) is 0 Å². The molecule has 4 aromatic carbocycles. The lowest BCUT2D eigenvalue weighted by atomic mass is 10.0. The Hall–Kier alpha value is -6.37. The zero-order valence-electron chi connectivity index (χ0n) is 35.1. The highest BCUT2D eigenvalue weighted by Crippen LogP contribution is 2.37. The van der Waals surface area contributed by atoms with Gasteiger partial charge in [-0.05, 0) is 72.2 Å². The van der Waals surface area contributed by atoms with Crippen LogP contribution in [0.3, 0.4) is 0 Å². The number of imidazole rings is 2. The first-order valence-corrected chi connectivity index (χ1v) is 23.4. The van der Waals surface area contributed by atoms with E-state index < -0.39 is 16.1 Å². The molecule has 3 saturated heterocycles. The number of nitrogens with zero attached hydrogens (tertiary/aromatic N) is 5.